The molecule has 0 aliphatic rings. The molecule has 0 saturated heterocycles. The molecule has 136 valence electrons. The number of aliphatic carboxylic acids is 1. The van der Waals surface area contributed by atoms with E-state index in [0.717, 1.165) is 51.4 Å². The van der Waals surface area contributed by atoms with Crippen molar-refractivity contribution in [2.24, 2.45) is 0 Å². The second-order valence-corrected chi connectivity index (χ2v) is 6.41. The van der Waals surface area contributed by atoms with Crippen molar-refractivity contribution < 1.29 is 19.4 Å². The molecule has 1 atom stereocenters. The number of carbonyl (C=O) groups is 2. The molecule has 1 N–H and O–H groups in total. The average Bonchev–Trinajstić information content (AvgIpc) is 2.50. The molecule has 0 aromatic rings. The zero-order valence-electron chi connectivity index (χ0n) is 15.1. The van der Waals surface area contributed by atoms with E-state index in [2.05, 4.69) is 13.8 Å². The maximum atomic E-state index is 11.9. The number of carboxylic acids is 1. The summed E-state index contributed by atoms with van der Waals surface area (Å²) in [5, 5.41) is 8.64. The van der Waals surface area contributed by atoms with Gasteiger partial charge in [-0.25, -0.2) is 0 Å². The molecule has 0 rings (SSSR count). The molecule has 1 unspecified atom stereocenters. The standard InChI is InChI=1S/C19H36O4/c1-3-5-7-10-13-17(14-11-8-12-15-18(20)21)23-19(22)16-9-6-4-2/h17H,3-16H2,1-2H3,(H,20,21). The highest BCUT2D eigenvalue weighted by atomic mass is 16.5. The van der Waals surface area contributed by atoms with Gasteiger partial charge in [-0.2, -0.15) is 0 Å². The summed E-state index contributed by atoms with van der Waals surface area (Å²) in [5.41, 5.74) is 0. The van der Waals surface area contributed by atoms with Gasteiger partial charge in [0.25, 0.3) is 0 Å². The van der Waals surface area contributed by atoms with Crippen LogP contribution in [0.4, 0.5) is 0 Å². The summed E-state index contributed by atoms with van der Waals surface area (Å²) in [4.78, 5) is 22.4. The zero-order chi connectivity index (χ0) is 17.3. The van der Waals surface area contributed by atoms with Gasteiger partial charge in [-0.15, -0.1) is 0 Å². The molecule has 0 bridgehead atoms. The van der Waals surface area contributed by atoms with E-state index in [1.165, 1.54) is 19.3 Å². The maximum Gasteiger partial charge on any atom is 0.306 e. The molecule has 0 aliphatic carbocycles. The molecular weight excluding hydrogens is 292 g/mol. The van der Waals surface area contributed by atoms with Crippen LogP contribution >= 0.6 is 0 Å². The molecule has 0 spiro atoms. The number of rotatable bonds is 16. The Hall–Kier alpha value is -1.06. The van der Waals surface area contributed by atoms with Crippen LogP contribution in [0.3, 0.4) is 0 Å². The molecule has 0 saturated carbocycles. The summed E-state index contributed by atoms with van der Waals surface area (Å²) >= 11 is 0. The fourth-order valence-corrected chi connectivity index (χ4v) is 2.65. The van der Waals surface area contributed by atoms with E-state index in [1.807, 2.05) is 0 Å². The second-order valence-electron chi connectivity index (χ2n) is 6.41. The zero-order valence-corrected chi connectivity index (χ0v) is 15.1. The molecular formula is C19H36O4. The number of carboxylic acid groups (broad SMARTS) is 1. The number of esters is 1. The lowest BCUT2D eigenvalue weighted by atomic mass is 10.0. The Morgan fingerprint density at radius 2 is 1.30 bits per heavy atom. The summed E-state index contributed by atoms with van der Waals surface area (Å²) in [6.07, 6.45) is 13.0. The Labute approximate surface area is 142 Å². The lowest BCUT2D eigenvalue weighted by molar-refractivity contribution is -0.150. The van der Waals surface area contributed by atoms with E-state index in [0.29, 0.717) is 12.8 Å². The van der Waals surface area contributed by atoms with Gasteiger partial charge in [0.1, 0.15) is 6.10 Å². The summed E-state index contributed by atoms with van der Waals surface area (Å²) in [6, 6.07) is 0. The molecule has 0 radical (unpaired) electrons. The summed E-state index contributed by atoms with van der Waals surface area (Å²) in [7, 11) is 0. The first-order valence-electron chi connectivity index (χ1n) is 9.51. The van der Waals surface area contributed by atoms with Crippen LogP contribution in [0.25, 0.3) is 0 Å². The van der Waals surface area contributed by atoms with Gasteiger partial charge < -0.3 is 9.84 Å². The molecule has 0 aromatic carbocycles. The van der Waals surface area contributed by atoms with Crippen molar-refractivity contribution in [3.05, 3.63) is 0 Å². The van der Waals surface area contributed by atoms with Crippen LogP contribution in [0.2, 0.25) is 0 Å². The third-order valence-electron chi connectivity index (χ3n) is 4.08. The van der Waals surface area contributed by atoms with Crippen molar-refractivity contribution >= 4 is 11.9 Å². The van der Waals surface area contributed by atoms with Gasteiger partial charge in [0.15, 0.2) is 0 Å². The minimum Gasteiger partial charge on any atom is -0.481 e. The summed E-state index contributed by atoms with van der Waals surface area (Å²) < 4.78 is 5.65. The molecule has 0 fully saturated rings. The van der Waals surface area contributed by atoms with Crippen molar-refractivity contribution in [1.82, 2.24) is 0 Å². The molecule has 0 heterocycles. The molecule has 0 aliphatic heterocycles. The van der Waals surface area contributed by atoms with Crippen LogP contribution < -0.4 is 0 Å². The minimum absolute atomic E-state index is 0.0193. The van der Waals surface area contributed by atoms with Crippen molar-refractivity contribution in [3.8, 4) is 0 Å². The Morgan fingerprint density at radius 3 is 1.87 bits per heavy atom. The summed E-state index contributed by atoms with van der Waals surface area (Å²) in [6.45, 7) is 4.31. The number of hydrogen-bond donors (Lipinski definition) is 1. The lowest BCUT2D eigenvalue weighted by Gasteiger charge is -2.18. The highest BCUT2D eigenvalue weighted by Gasteiger charge is 2.14. The van der Waals surface area contributed by atoms with E-state index in [-0.39, 0.29) is 18.5 Å². The van der Waals surface area contributed by atoms with Gasteiger partial charge in [-0.3, -0.25) is 9.59 Å². The second kappa shape index (κ2) is 15.8. The highest BCUT2D eigenvalue weighted by Crippen LogP contribution is 2.16. The lowest BCUT2D eigenvalue weighted by Crippen LogP contribution is -2.18. The van der Waals surface area contributed by atoms with Crippen LogP contribution in [-0.2, 0) is 14.3 Å². The van der Waals surface area contributed by atoms with Gasteiger partial charge in [0, 0.05) is 12.8 Å². The molecule has 4 heteroatoms. The van der Waals surface area contributed by atoms with E-state index in [9.17, 15) is 9.59 Å². The number of unbranched alkanes of at least 4 members (excludes halogenated alkanes) is 7. The quantitative estimate of drug-likeness (QED) is 0.301. The smallest absolute Gasteiger partial charge is 0.306 e. The van der Waals surface area contributed by atoms with Crippen molar-refractivity contribution in [2.45, 2.75) is 110 Å². The number of hydrogen-bond acceptors (Lipinski definition) is 3. The van der Waals surface area contributed by atoms with E-state index >= 15 is 0 Å². The molecule has 0 amide bonds. The topological polar surface area (TPSA) is 63.6 Å². The van der Waals surface area contributed by atoms with Gasteiger partial charge in [-0.05, 0) is 38.5 Å². The Balaban J connectivity index is 4.01. The largest absolute Gasteiger partial charge is 0.481 e. The van der Waals surface area contributed by atoms with Crippen LogP contribution in [0.15, 0.2) is 0 Å². The number of ether oxygens (including phenoxy) is 1. The normalized spacial score (nSPS) is 12.1. The average molecular weight is 328 g/mol. The predicted molar refractivity (Wildman–Crippen MR) is 93.5 cm³/mol. The first-order valence-corrected chi connectivity index (χ1v) is 9.51. The summed E-state index contributed by atoms with van der Waals surface area (Å²) in [5.74, 6) is -0.798. The monoisotopic (exact) mass is 328 g/mol. The molecule has 4 nitrogen and oxygen atoms in total. The number of carbonyl (C=O) groups excluding carboxylic acids is 1. The van der Waals surface area contributed by atoms with Crippen LogP contribution in [-0.4, -0.2) is 23.1 Å². The first kappa shape index (κ1) is 21.9. The maximum absolute atomic E-state index is 11.9. The molecule has 0 aromatic heterocycles. The van der Waals surface area contributed by atoms with Crippen molar-refractivity contribution in [3.63, 3.8) is 0 Å². The Kier molecular flexibility index (Phi) is 15.1. The van der Waals surface area contributed by atoms with Gasteiger partial charge in [0.05, 0.1) is 0 Å². The first-order chi connectivity index (χ1) is 11.1. The fourth-order valence-electron chi connectivity index (χ4n) is 2.65. The van der Waals surface area contributed by atoms with Crippen LogP contribution in [0, 0.1) is 0 Å². The van der Waals surface area contributed by atoms with Crippen molar-refractivity contribution in [2.75, 3.05) is 0 Å². The van der Waals surface area contributed by atoms with E-state index < -0.39 is 5.97 Å². The Bertz CT molecular complexity index is 302. The van der Waals surface area contributed by atoms with Crippen molar-refractivity contribution in [1.29, 1.82) is 0 Å². The molecule has 23 heavy (non-hydrogen) atoms. The van der Waals surface area contributed by atoms with E-state index in [1.54, 1.807) is 0 Å². The van der Waals surface area contributed by atoms with Gasteiger partial charge in [0.2, 0.25) is 0 Å². The van der Waals surface area contributed by atoms with Gasteiger partial charge in [-0.1, -0.05) is 52.4 Å². The van der Waals surface area contributed by atoms with Crippen LogP contribution in [0.5, 0.6) is 0 Å². The van der Waals surface area contributed by atoms with Crippen LogP contribution in [0.1, 0.15) is 104 Å². The third-order valence-corrected chi connectivity index (χ3v) is 4.08. The van der Waals surface area contributed by atoms with E-state index in [4.69, 9.17) is 9.84 Å². The third kappa shape index (κ3) is 15.6. The SMILES string of the molecule is CCCCCCC(CCCCCC(=O)O)OC(=O)CCCCC. The van der Waals surface area contributed by atoms with Gasteiger partial charge >= 0.3 is 11.9 Å². The Morgan fingerprint density at radius 1 is 0.783 bits per heavy atom. The fraction of sp³-hybridized carbons (Fsp3) is 0.895. The minimum atomic E-state index is -0.733. The predicted octanol–water partition coefficient (Wildman–Crippen LogP) is 5.48. The highest BCUT2D eigenvalue weighted by molar-refractivity contribution is 5.69.